The Labute approximate surface area is 111 Å². The number of nitrogens with zero attached hydrogens (tertiary/aromatic N) is 2. The highest BCUT2D eigenvalue weighted by atomic mass is 79.9. The van der Waals surface area contributed by atoms with Gasteiger partial charge in [0.05, 0.1) is 12.3 Å². The van der Waals surface area contributed by atoms with Crippen LogP contribution in [0.15, 0.2) is 16.7 Å². The second kappa shape index (κ2) is 6.81. The standard InChI is InChI=1S/C12H20BrN3O/c1-9(2)8-16(4-5-17-3)12-11(14)6-10(13)7-15-12/h6-7,9H,4-5,8,14H2,1-3H3. The number of aromatic nitrogens is 1. The first-order valence-corrected chi connectivity index (χ1v) is 6.48. The number of nitrogen functional groups attached to an aromatic ring is 1. The van der Waals surface area contributed by atoms with Crippen LogP contribution >= 0.6 is 15.9 Å². The Morgan fingerprint density at radius 1 is 1.53 bits per heavy atom. The highest BCUT2D eigenvalue weighted by Gasteiger charge is 2.13. The van der Waals surface area contributed by atoms with E-state index in [4.69, 9.17) is 10.5 Å². The van der Waals surface area contributed by atoms with Gasteiger partial charge >= 0.3 is 0 Å². The Morgan fingerprint density at radius 2 is 2.24 bits per heavy atom. The molecule has 0 aliphatic heterocycles. The molecule has 0 aliphatic rings. The van der Waals surface area contributed by atoms with E-state index in [0.29, 0.717) is 18.2 Å². The van der Waals surface area contributed by atoms with Gasteiger partial charge in [-0.25, -0.2) is 4.98 Å². The molecule has 2 N–H and O–H groups in total. The molecule has 0 bridgehead atoms. The minimum Gasteiger partial charge on any atom is -0.396 e. The van der Waals surface area contributed by atoms with Crippen LogP contribution in [0.25, 0.3) is 0 Å². The molecule has 96 valence electrons. The number of halogens is 1. The summed E-state index contributed by atoms with van der Waals surface area (Å²) < 4.78 is 6.02. The summed E-state index contributed by atoms with van der Waals surface area (Å²) in [5.74, 6) is 1.38. The lowest BCUT2D eigenvalue weighted by molar-refractivity contribution is 0.204. The Bertz CT molecular complexity index is 358. The second-order valence-electron chi connectivity index (χ2n) is 4.40. The maximum Gasteiger partial charge on any atom is 0.151 e. The summed E-state index contributed by atoms with van der Waals surface area (Å²) in [4.78, 5) is 6.55. The highest BCUT2D eigenvalue weighted by molar-refractivity contribution is 9.10. The maximum atomic E-state index is 5.99. The van der Waals surface area contributed by atoms with Gasteiger partial charge in [-0.1, -0.05) is 13.8 Å². The zero-order valence-electron chi connectivity index (χ0n) is 10.6. The fraction of sp³-hybridized carbons (Fsp3) is 0.583. The fourth-order valence-electron chi connectivity index (χ4n) is 1.64. The molecule has 5 heteroatoms. The Morgan fingerprint density at radius 3 is 2.76 bits per heavy atom. The average molecular weight is 302 g/mol. The molecule has 0 spiro atoms. The molecule has 0 amide bonds. The monoisotopic (exact) mass is 301 g/mol. The van der Waals surface area contributed by atoms with E-state index in [1.807, 2.05) is 6.07 Å². The topological polar surface area (TPSA) is 51.4 Å². The van der Waals surface area contributed by atoms with Gasteiger partial charge in [0, 0.05) is 30.9 Å². The quantitative estimate of drug-likeness (QED) is 0.877. The maximum absolute atomic E-state index is 5.99. The van der Waals surface area contributed by atoms with Gasteiger partial charge in [0.1, 0.15) is 0 Å². The lowest BCUT2D eigenvalue weighted by atomic mass is 10.2. The first-order valence-electron chi connectivity index (χ1n) is 5.69. The third-order valence-corrected chi connectivity index (χ3v) is 2.75. The van der Waals surface area contributed by atoms with Crippen LogP contribution in [-0.4, -0.2) is 31.8 Å². The summed E-state index contributed by atoms with van der Waals surface area (Å²) in [7, 11) is 1.70. The fourth-order valence-corrected chi connectivity index (χ4v) is 1.99. The van der Waals surface area contributed by atoms with Crippen LogP contribution in [0.4, 0.5) is 11.5 Å². The van der Waals surface area contributed by atoms with E-state index in [1.165, 1.54) is 0 Å². The molecule has 0 saturated heterocycles. The zero-order valence-corrected chi connectivity index (χ0v) is 12.2. The molecule has 4 nitrogen and oxygen atoms in total. The minimum absolute atomic E-state index is 0.553. The third kappa shape index (κ3) is 4.52. The van der Waals surface area contributed by atoms with E-state index in [2.05, 4.69) is 39.7 Å². The first kappa shape index (κ1) is 14.3. The minimum atomic E-state index is 0.553. The van der Waals surface area contributed by atoms with Crippen LogP contribution in [0.3, 0.4) is 0 Å². The summed E-state index contributed by atoms with van der Waals surface area (Å²) in [6.07, 6.45) is 1.77. The normalized spacial score (nSPS) is 10.9. The van der Waals surface area contributed by atoms with Crippen molar-refractivity contribution < 1.29 is 4.74 Å². The van der Waals surface area contributed by atoms with Gasteiger partial charge in [0.2, 0.25) is 0 Å². The SMILES string of the molecule is COCCN(CC(C)C)c1ncc(Br)cc1N. The predicted molar refractivity (Wildman–Crippen MR) is 75.3 cm³/mol. The zero-order chi connectivity index (χ0) is 12.8. The number of hydrogen-bond acceptors (Lipinski definition) is 4. The van der Waals surface area contributed by atoms with E-state index in [0.717, 1.165) is 23.4 Å². The molecular weight excluding hydrogens is 282 g/mol. The summed E-state index contributed by atoms with van der Waals surface area (Å²) in [5.41, 5.74) is 6.69. The molecule has 0 saturated carbocycles. The van der Waals surface area contributed by atoms with Crippen molar-refractivity contribution in [1.82, 2.24) is 4.98 Å². The number of methoxy groups -OCH3 is 1. The molecular formula is C12H20BrN3O. The third-order valence-electron chi connectivity index (χ3n) is 2.31. The largest absolute Gasteiger partial charge is 0.396 e. The summed E-state index contributed by atoms with van der Waals surface area (Å²) in [6, 6.07) is 1.88. The lowest BCUT2D eigenvalue weighted by Gasteiger charge is -2.26. The van der Waals surface area contributed by atoms with Crippen molar-refractivity contribution in [3.05, 3.63) is 16.7 Å². The molecule has 0 aliphatic carbocycles. The van der Waals surface area contributed by atoms with Gasteiger partial charge in [0.25, 0.3) is 0 Å². The number of pyridine rings is 1. The second-order valence-corrected chi connectivity index (χ2v) is 5.31. The Hall–Kier alpha value is -0.810. The molecule has 0 fully saturated rings. The van der Waals surface area contributed by atoms with Gasteiger partial charge < -0.3 is 15.4 Å². The van der Waals surface area contributed by atoms with E-state index in [1.54, 1.807) is 13.3 Å². The van der Waals surface area contributed by atoms with E-state index < -0.39 is 0 Å². The Balaban J connectivity index is 2.86. The molecule has 0 aromatic carbocycles. The smallest absolute Gasteiger partial charge is 0.151 e. The van der Waals surface area contributed by atoms with Gasteiger partial charge in [-0.2, -0.15) is 0 Å². The van der Waals surface area contributed by atoms with Crippen molar-refractivity contribution in [2.24, 2.45) is 5.92 Å². The predicted octanol–water partition coefficient (Wildman–Crippen LogP) is 2.54. The molecule has 17 heavy (non-hydrogen) atoms. The van der Waals surface area contributed by atoms with E-state index in [9.17, 15) is 0 Å². The summed E-state index contributed by atoms with van der Waals surface area (Å²) >= 11 is 3.36. The summed E-state index contributed by atoms with van der Waals surface area (Å²) in [5, 5.41) is 0. The number of ether oxygens (including phenoxy) is 1. The Kier molecular flexibility index (Phi) is 5.71. The van der Waals surface area contributed by atoms with Crippen molar-refractivity contribution in [3.8, 4) is 0 Å². The van der Waals surface area contributed by atoms with E-state index in [-0.39, 0.29) is 0 Å². The summed E-state index contributed by atoms with van der Waals surface area (Å²) in [6.45, 7) is 6.74. The number of rotatable bonds is 6. The van der Waals surface area contributed by atoms with Crippen LogP contribution in [0.1, 0.15) is 13.8 Å². The van der Waals surface area contributed by atoms with Crippen molar-refractivity contribution in [2.75, 3.05) is 37.4 Å². The molecule has 1 rings (SSSR count). The molecule has 0 atom stereocenters. The molecule has 1 heterocycles. The van der Waals surface area contributed by atoms with E-state index >= 15 is 0 Å². The molecule has 0 unspecified atom stereocenters. The van der Waals surface area contributed by atoms with Crippen LogP contribution in [0.5, 0.6) is 0 Å². The van der Waals surface area contributed by atoms with Crippen LogP contribution in [-0.2, 0) is 4.74 Å². The van der Waals surface area contributed by atoms with Crippen molar-refractivity contribution >= 4 is 27.4 Å². The lowest BCUT2D eigenvalue weighted by Crippen LogP contribution is -2.32. The first-order chi connectivity index (χ1) is 8.04. The van der Waals surface area contributed by atoms with Gasteiger partial charge in [0.15, 0.2) is 5.82 Å². The van der Waals surface area contributed by atoms with Crippen molar-refractivity contribution in [2.45, 2.75) is 13.8 Å². The van der Waals surface area contributed by atoms with Crippen molar-refractivity contribution in [1.29, 1.82) is 0 Å². The molecule has 1 aromatic rings. The molecule has 0 radical (unpaired) electrons. The van der Waals surface area contributed by atoms with Gasteiger partial charge in [-0.15, -0.1) is 0 Å². The van der Waals surface area contributed by atoms with Gasteiger partial charge in [-0.05, 0) is 27.9 Å². The van der Waals surface area contributed by atoms with Gasteiger partial charge in [-0.3, -0.25) is 0 Å². The van der Waals surface area contributed by atoms with Crippen LogP contribution in [0.2, 0.25) is 0 Å². The molecule has 1 aromatic heterocycles. The van der Waals surface area contributed by atoms with Crippen LogP contribution < -0.4 is 10.6 Å². The van der Waals surface area contributed by atoms with Crippen LogP contribution in [0, 0.1) is 5.92 Å². The number of hydrogen-bond donors (Lipinski definition) is 1. The average Bonchev–Trinajstić information content (AvgIpc) is 2.24. The highest BCUT2D eigenvalue weighted by Crippen LogP contribution is 2.24. The number of nitrogens with two attached hydrogens (primary N) is 1. The number of anilines is 2. The van der Waals surface area contributed by atoms with Crippen molar-refractivity contribution in [3.63, 3.8) is 0 Å².